The summed E-state index contributed by atoms with van der Waals surface area (Å²) in [6.07, 6.45) is 6.16. The van der Waals surface area contributed by atoms with E-state index in [2.05, 4.69) is 22.3 Å². The molecule has 6 heteroatoms. The zero-order valence-corrected chi connectivity index (χ0v) is 11.0. The second-order valence-electron chi connectivity index (χ2n) is 3.66. The van der Waals surface area contributed by atoms with E-state index in [1.165, 1.54) is 11.8 Å². The molecule has 0 spiro atoms. The molecule has 3 N–H and O–H groups in total. The summed E-state index contributed by atoms with van der Waals surface area (Å²) < 4.78 is 0. The molecule has 94 valence electrons. The van der Waals surface area contributed by atoms with Gasteiger partial charge in [0, 0.05) is 5.69 Å². The summed E-state index contributed by atoms with van der Waals surface area (Å²) in [5.41, 5.74) is 3.32. The lowest BCUT2D eigenvalue weighted by Crippen LogP contribution is -2.31. The fourth-order valence-electron chi connectivity index (χ4n) is 1.44. The largest absolute Gasteiger partial charge is 0.289 e. The maximum atomic E-state index is 11.4. The summed E-state index contributed by atoms with van der Waals surface area (Å²) in [4.78, 5) is 19.9. The predicted molar refractivity (Wildman–Crippen MR) is 68.7 cm³/mol. The molecule has 0 saturated heterocycles. The number of nitrogens with two attached hydrogens (primary N) is 1. The van der Waals surface area contributed by atoms with Crippen molar-refractivity contribution < 1.29 is 4.79 Å². The highest BCUT2D eigenvalue weighted by atomic mass is 32.2. The van der Waals surface area contributed by atoms with E-state index < -0.39 is 0 Å². The molecule has 0 aliphatic carbocycles. The lowest BCUT2D eigenvalue weighted by atomic mass is 10.1. The highest BCUT2D eigenvalue weighted by Gasteiger charge is 2.10. The number of aryl methyl sites for hydroxylation is 1. The summed E-state index contributed by atoms with van der Waals surface area (Å²) in [5, 5.41) is 0.609. The number of thioether (sulfide) groups is 1. The highest BCUT2D eigenvalue weighted by Crippen LogP contribution is 2.13. The number of hydrogen-bond acceptors (Lipinski definition) is 5. The summed E-state index contributed by atoms with van der Waals surface area (Å²) >= 11 is 1.42. The smallest absolute Gasteiger partial charge is 0.283 e. The number of aromatic nitrogens is 2. The zero-order valence-electron chi connectivity index (χ0n) is 10.2. The average Bonchev–Trinajstić information content (AvgIpc) is 2.37. The third-order valence-electron chi connectivity index (χ3n) is 2.34. The van der Waals surface area contributed by atoms with Crippen molar-refractivity contribution in [1.82, 2.24) is 15.4 Å². The van der Waals surface area contributed by atoms with E-state index in [1.54, 1.807) is 6.07 Å². The van der Waals surface area contributed by atoms with Gasteiger partial charge in [-0.3, -0.25) is 10.2 Å². The summed E-state index contributed by atoms with van der Waals surface area (Å²) in [6, 6.07) is 1.71. The van der Waals surface area contributed by atoms with Crippen LogP contribution in [0.25, 0.3) is 0 Å². The zero-order chi connectivity index (χ0) is 12.7. The monoisotopic (exact) mass is 254 g/mol. The van der Waals surface area contributed by atoms with E-state index in [-0.39, 0.29) is 5.91 Å². The van der Waals surface area contributed by atoms with Gasteiger partial charge in [0.25, 0.3) is 5.91 Å². The number of hydrazine groups is 1. The summed E-state index contributed by atoms with van der Waals surface area (Å²) in [6.45, 7) is 2.15. The quantitative estimate of drug-likeness (QED) is 0.201. The van der Waals surface area contributed by atoms with Crippen LogP contribution in [-0.4, -0.2) is 22.1 Å². The number of hydrogen-bond donors (Lipinski definition) is 2. The number of unbranched alkanes of at least 4 members (excludes halogenated alkanes) is 2. The standard InChI is InChI=1S/C11H18N4OS/c1-3-4-5-6-8-7-9(10(16)15-12)14-11(13-8)17-2/h7H,3-6,12H2,1-2H3,(H,15,16). The van der Waals surface area contributed by atoms with Gasteiger partial charge in [0.05, 0.1) is 0 Å². The van der Waals surface area contributed by atoms with E-state index >= 15 is 0 Å². The first kappa shape index (κ1) is 13.9. The molecule has 0 unspecified atom stereocenters. The SMILES string of the molecule is CCCCCc1cc(C(=O)NN)nc(SC)n1. The molecule has 0 bridgehead atoms. The van der Waals surface area contributed by atoms with Crippen LogP contribution in [0.5, 0.6) is 0 Å². The number of nitrogens with one attached hydrogen (secondary N) is 1. The lowest BCUT2D eigenvalue weighted by molar-refractivity contribution is 0.0947. The Hall–Kier alpha value is -1.14. The van der Waals surface area contributed by atoms with Crippen molar-refractivity contribution in [3.8, 4) is 0 Å². The first-order valence-electron chi connectivity index (χ1n) is 5.64. The minimum atomic E-state index is -0.376. The Bertz CT molecular complexity index is 384. The molecule has 5 nitrogen and oxygen atoms in total. The van der Waals surface area contributed by atoms with Gasteiger partial charge >= 0.3 is 0 Å². The molecule has 1 amide bonds. The van der Waals surface area contributed by atoms with Crippen molar-refractivity contribution >= 4 is 17.7 Å². The van der Waals surface area contributed by atoms with Gasteiger partial charge in [-0.2, -0.15) is 0 Å². The van der Waals surface area contributed by atoms with Crippen LogP contribution in [0.3, 0.4) is 0 Å². The first-order chi connectivity index (χ1) is 8.21. The van der Waals surface area contributed by atoms with Crippen LogP contribution in [0.15, 0.2) is 11.2 Å². The fraction of sp³-hybridized carbons (Fsp3) is 0.545. The van der Waals surface area contributed by atoms with Crippen molar-refractivity contribution in [1.29, 1.82) is 0 Å². The van der Waals surface area contributed by atoms with E-state index in [9.17, 15) is 4.79 Å². The molecule has 1 aromatic heterocycles. The highest BCUT2D eigenvalue weighted by molar-refractivity contribution is 7.98. The predicted octanol–water partition coefficient (Wildman–Crippen LogP) is 1.53. The van der Waals surface area contributed by atoms with E-state index in [1.807, 2.05) is 6.26 Å². The van der Waals surface area contributed by atoms with Crippen LogP contribution in [0.1, 0.15) is 42.4 Å². The van der Waals surface area contributed by atoms with Gasteiger partial charge in [-0.1, -0.05) is 31.5 Å². The molecule has 1 heterocycles. The molecule has 0 saturated carbocycles. The molecule has 0 aliphatic heterocycles. The molecule has 0 aromatic carbocycles. The van der Waals surface area contributed by atoms with Crippen molar-refractivity contribution in [3.63, 3.8) is 0 Å². The first-order valence-corrected chi connectivity index (χ1v) is 6.86. The van der Waals surface area contributed by atoms with Gasteiger partial charge in [-0.25, -0.2) is 15.8 Å². The fourth-order valence-corrected chi connectivity index (χ4v) is 1.84. The van der Waals surface area contributed by atoms with Crippen LogP contribution < -0.4 is 11.3 Å². The number of rotatable bonds is 6. The van der Waals surface area contributed by atoms with Gasteiger partial charge in [-0.05, 0) is 25.2 Å². The summed E-state index contributed by atoms with van der Waals surface area (Å²) in [5.74, 6) is 4.73. The van der Waals surface area contributed by atoms with E-state index in [0.717, 1.165) is 31.4 Å². The minimum Gasteiger partial charge on any atom is -0.289 e. The second-order valence-corrected chi connectivity index (χ2v) is 4.44. The Morgan fingerprint density at radius 3 is 2.82 bits per heavy atom. The van der Waals surface area contributed by atoms with Crippen molar-refractivity contribution in [2.75, 3.05) is 6.26 Å². The Morgan fingerprint density at radius 1 is 1.47 bits per heavy atom. The van der Waals surface area contributed by atoms with Crippen molar-refractivity contribution in [3.05, 3.63) is 17.5 Å². The minimum absolute atomic E-state index is 0.332. The molecule has 1 rings (SSSR count). The number of nitrogen functional groups attached to an aromatic ring is 1. The molecule has 0 aliphatic rings. The Labute approximate surface area is 106 Å². The maximum absolute atomic E-state index is 11.4. The topological polar surface area (TPSA) is 80.9 Å². The van der Waals surface area contributed by atoms with Crippen LogP contribution in [0.2, 0.25) is 0 Å². The average molecular weight is 254 g/mol. The summed E-state index contributed by atoms with van der Waals surface area (Å²) in [7, 11) is 0. The molecule has 1 aromatic rings. The maximum Gasteiger partial charge on any atom is 0.283 e. The Balaban J connectivity index is 2.85. The van der Waals surface area contributed by atoms with Gasteiger partial charge in [0.1, 0.15) is 5.69 Å². The Morgan fingerprint density at radius 2 is 2.24 bits per heavy atom. The number of amides is 1. The van der Waals surface area contributed by atoms with Crippen LogP contribution >= 0.6 is 11.8 Å². The third kappa shape index (κ3) is 4.32. The van der Waals surface area contributed by atoms with Gasteiger partial charge in [-0.15, -0.1) is 0 Å². The number of carbonyl (C=O) groups is 1. The number of nitrogens with zero attached hydrogens (tertiary/aromatic N) is 2. The lowest BCUT2D eigenvalue weighted by Gasteiger charge is -2.05. The van der Waals surface area contributed by atoms with Gasteiger partial charge < -0.3 is 0 Å². The van der Waals surface area contributed by atoms with E-state index in [0.29, 0.717) is 10.9 Å². The number of carbonyl (C=O) groups excluding carboxylic acids is 1. The molecular formula is C11H18N4OS. The molecule has 0 fully saturated rings. The van der Waals surface area contributed by atoms with Crippen LogP contribution in [-0.2, 0) is 6.42 Å². The molecular weight excluding hydrogens is 236 g/mol. The van der Waals surface area contributed by atoms with Gasteiger partial charge in [0.2, 0.25) is 0 Å². The van der Waals surface area contributed by atoms with Crippen molar-refractivity contribution in [2.45, 2.75) is 37.8 Å². The van der Waals surface area contributed by atoms with Crippen molar-refractivity contribution in [2.24, 2.45) is 5.84 Å². The normalized spacial score (nSPS) is 10.3. The molecule has 17 heavy (non-hydrogen) atoms. The van der Waals surface area contributed by atoms with Crippen LogP contribution in [0, 0.1) is 0 Å². The second kappa shape index (κ2) is 7.24. The Kier molecular flexibility index (Phi) is 5.93. The van der Waals surface area contributed by atoms with Gasteiger partial charge in [0.15, 0.2) is 5.16 Å². The molecule has 0 atom stereocenters. The molecule has 0 radical (unpaired) electrons. The third-order valence-corrected chi connectivity index (χ3v) is 2.89. The van der Waals surface area contributed by atoms with Crippen LogP contribution in [0.4, 0.5) is 0 Å². The van der Waals surface area contributed by atoms with E-state index in [4.69, 9.17) is 5.84 Å².